The molecule has 27 heavy (non-hydrogen) atoms. The van der Waals surface area contributed by atoms with E-state index in [1.807, 2.05) is 0 Å². The van der Waals surface area contributed by atoms with Gasteiger partial charge in [0.2, 0.25) is 0 Å². The zero-order chi connectivity index (χ0) is 19.2. The second-order valence-electron chi connectivity index (χ2n) is 7.46. The van der Waals surface area contributed by atoms with Crippen molar-refractivity contribution in [1.82, 2.24) is 21.1 Å². The van der Waals surface area contributed by atoms with Crippen molar-refractivity contribution < 1.29 is 18.8 Å². The topological polar surface area (TPSA) is 105 Å². The van der Waals surface area contributed by atoms with E-state index in [-0.39, 0.29) is 41.4 Å². The van der Waals surface area contributed by atoms with Crippen LogP contribution in [-0.2, 0) is 11.3 Å². The van der Waals surface area contributed by atoms with Crippen LogP contribution >= 0.6 is 12.4 Å². The molecule has 2 heterocycles. The molecular weight excluding hydrogens is 372 g/mol. The molecule has 9 heteroatoms. The second-order valence-corrected chi connectivity index (χ2v) is 7.46. The summed E-state index contributed by atoms with van der Waals surface area (Å²) in [4.78, 5) is 23.5. The van der Waals surface area contributed by atoms with Crippen LogP contribution in [0, 0.1) is 10.8 Å². The zero-order valence-electron chi connectivity index (χ0n) is 16.5. The van der Waals surface area contributed by atoms with E-state index in [0.29, 0.717) is 12.3 Å². The summed E-state index contributed by atoms with van der Waals surface area (Å²) in [6.07, 6.45) is 2.79. The first-order valence-electron chi connectivity index (χ1n) is 9.12. The average Bonchev–Trinajstić information content (AvgIpc) is 3.13. The number of amides is 2. The van der Waals surface area contributed by atoms with Crippen LogP contribution in [0.2, 0.25) is 0 Å². The largest absolute Gasteiger partial charge is 0.441 e. The number of rotatable bonds is 7. The molecule has 0 radical (unpaired) electrons. The highest BCUT2D eigenvalue weighted by Gasteiger charge is 2.44. The molecular formula is C18H31ClN4O4. The lowest BCUT2D eigenvalue weighted by atomic mass is 9.59. The van der Waals surface area contributed by atoms with Gasteiger partial charge in [-0.05, 0) is 43.2 Å². The van der Waals surface area contributed by atoms with E-state index in [1.54, 1.807) is 0 Å². The molecule has 0 saturated carbocycles. The van der Waals surface area contributed by atoms with E-state index in [4.69, 9.17) is 9.26 Å². The van der Waals surface area contributed by atoms with Crippen LogP contribution < -0.4 is 16.0 Å². The Morgan fingerprint density at radius 3 is 2.63 bits per heavy atom. The first kappa shape index (κ1) is 23.2. The Balaban J connectivity index is 0.00000364. The number of hydrogen-bond acceptors (Lipinski definition) is 6. The molecule has 0 aromatic carbocycles. The van der Waals surface area contributed by atoms with Crippen molar-refractivity contribution in [1.29, 1.82) is 0 Å². The van der Waals surface area contributed by atoms with Gasteiger partial charge in [0.05, 0.1) is 0 Å². The van der Waals surface area contributed by atoms with Gasteiger partial charge in [-0.2, -0.15) is 0 Å². The Labute approximate surface area is 166 Å². The molecule has 0 spiro atoms. The zero-order valence-corrected chi connectivity index (χ0v) is 17.3. The van der Waals surface area contributed by atoms with Gasteiger partial charge in [0.15, 0.2) is 18.1 Å². The Morgan fingerprint density at radius 2 is 2.04 bits per heavy atom. The summed E-state index contributed by atoms with van der Waals surface area (Å²) in [7, 11) is 1.51. The third-order valence-corrected chi connectivity index (χ3v) is 5.71. The van der Waals surface area contributed by atoms with E-state index in [0.717, 1.165) is 32.4 Å². The minimum absolute atomic E-state index is 0. The van der Waals surface area contributed by atoms with Crippen LogP contribution in [0.15, 0.2) is 10.6 Å². The SMILES string of the molecule is CCC1(C(C)(C)CNC(=O)OCc2cc(C(=O)NC)no2)CCNCC1.Cl. The van der Waals surface area contributed by atoms with Gasteiger partial charge < -0.3 is 25.2 Å². The molecule has 0 atom stereocenters. The maximum atomic E-state index is 12.0. The predicted octanol–water partition coefficient (Wildman–Crippen LogP) is 2.49. The van der Waals surface area contributed by atoms with E-state index >= 15 is 0 Å². The third-order valence-electron chi connectivity index (χ3n) is 5.71. The highest BCUT2D eigenvalue weighted by Crippen LogP contribution is 2.48. The molecule has 1 saturated heterocycles. The van der Waals surface area contributed by atoms with Crippen LogP contribution in [0.1, 0.15) is 56.3 Å². The van der Waals surface area contributed by atoms with Gasteiger partial charge in [-0.1, -0.05) is 25.9 Å². The van der Waals surface area contributed by atoms with Crippen LogP contribution in [0.4, 0.5) is 4.79 Å². The fraction of sp³-hybridized carbons (Fsp3) is 0.722. The quantitative estimate of drug-likeness (QED) is 0.647. The molecule has 2 amide bonds. The fourth-order valence-electron chi connectivity index (χ4n) is 3.70. The summed E-state index contributed by atoms with van der Waals surface area (Å²) in [6.45, 7) is 9.13. The van der Waals surface area contributed by atoms with Gasteiger partial charge in [0, 0.05) is 19.7 Å². The number of piperidine rings is 1. The van der Waals surface area contributed by atoms with E-state index < -0.39 is 6.09 Å². The minimum Gasteiger partial charge on any atom is -0.441 e. The number of alkyl carbamates (subject to hydrolysis) is 1. The lowest BCUT2D eigenvalue weighted by Gasteiger charge is -2.49. The van der Waals surface area contributed by atoms with E-state index in [2.05, 4.69) is 41.9 Å². The first-order chi connectivity index (χ1) is 12.3. The van der Waals surface area contributed by atoms with Crippen molar-refractivity contribution >= 4 is 24.4 Å². The number of carbonyl (C=O) groups is 2. The molecule has 2 rings (SSSR count). The van der Waals surface area contributed by atoms with Gasteiger partial charge in [0.25, 0.3) is 5.91 Å². The van der Waals surface area contributed by atoms with E-state index in [1.165, 1.54) is 13.1 Å². The molecule has 1 aromatic rings. The summed E-state index contributed by atoms with van der Waals surface area (Å²) >= 11 is 0. The highest BCUT2D eigenvalue weighted by molar-refractivity contribution is 5.91. The average molecular weight is 403 g/mol. The number of carbonyl (C=O) groups excluding carboxylic acids is 2. The molecule has 154 valence electrons. The molecule has 1 aliphatic rings. The van der Waals surface area contributed by atoms with Crippen molar-refractivity contribution in [2.75, 3.05) is 26.7 Å². The van der Waals surface area contributed by atoms with Gasteiger partial charge in [0.1, 0.15) is 0 Å². The lowest BCUT2D eigenvalue weighted by Crippen LogP contribution is -2.50. The van der Waals surface area contributed by atoms with Crippen molar-refractivity contribution in [3.05, 3.63) is 17.5 Å². The molecule has 1 fully saturated rings. The smallest absolute Gasteiger partial charge is 0.407 e. The summed E-state index contributed by atoms with van der Waals surface area (Å²) in [6, 6.07) is 1.46. The maximum absolute atomic E-state index is 12.0. The molecule has 3 N–H and O–H groups in total. The fourth-order valence-corrected chi connectivity index (χ4v) is 3.70. The van der Waals surface area contributed by atoms with Gasteiger partial charge in [-0.3, -0.25) is 4.79 Å². The highest BCUT2D eigenvalue weighted by atomic mass is 35.5. The monoisotopic (exact) mass is 402 g/mol. The Hall–Kier alpha value is -1.80. The summed E-state index contributed by atoms with van der Waals surface area (Å²) in [5.41, 5.74) is 0.323. The van der Waals surface area contributed by atoms with Crippen LogP contribution in [0.25, 0.3) is 0 Å². The van der Waals surface area contributed by atoms with Crippen molar-refractivity contribution in [2.45, 2.75) is 46.6 Å². The second kappa shape index (κ2) is 9.94. The Morgan fingerprint density at radius 1 is 1.37 bits per heavy atom. The number of aromatic nitrogens is 1. The van der Waals surface area contributed by atoms with Crippen LogP contribution in [-0.4, -0.2) is 43.8 Å². The number of halogens is 1. The molecule has 0 aliphatic carbocycles. The number of ether oxygens (including phenoxy) is 1. The lowest BCUT2D eigenvalue weighted by molar-refractivity contribution is 0.0256. The number of nitrogens with one attached hydrogen (secondary N) is 3. The Kier molecular flexibility index (Phi) is 8.56. The van der Waals surface area contributed by atoms with Crippen molar-refractivity contribution in [2.24, 2.45) is 10.8 Å². The molecule has 8 nitrogen and oxygen atoms in total. The summed E-state index contributed by atoms with van der Waals surface area (Å²) in [5.74, 6) is -0.0283. The van der Waals surface area contributed by atoms with Gasteiger partial charge in [-0.15, -0.1) is 12.4 Å². The van der Waals surface area contributed by atoms with Crippen LogP contribution in [0.5, 0.6) is 0 Å². The minimum atomic E-state index is -0.504. The maximum Gasteiger partial charge on any atom is 0.407 e. The van der Waals surface area contributed by atoms with E-state index in [9.17, 15) is 9.59 Å². The standard InChI is InChI=1S/C18H30N4O4.ClH/c1-5-18(6-8-20-9-7-18)17(2,3)12-21-16(24)25-11-13-10-14(22-26-13)15(23)19-4;/h10,20H,5-9,11-12H2,1-4H3,(H,19,23)(H,21,24);1H. The summed E-state index contributed by atoms with van der Waals surface area (Å²) in [5, 5.41) is 12.4. The van der Waals surface area contributed by atoms with Gasteiger partial charge in [-0.25, -0.2) is 4.79 Å². The van der Waals surface area contributed by atoms with Crippen LogP contribution in [0.3, 0.4) is 0 Å². The predicted molar refractivity (Wildman–Crippen MR) is 104 cm³/mol. The summed E-state index contributed by atoms with van der Waals surface area (Å²) < 4.78 is 10.2. The van der Waals surface area contributed by atoms with Gasteiger partial charge >= 0.3 is 6.09 Å². The molecule has 0 unspecified atom stereocenters. The number of nitrogens with zero attached hydrogens (tertiary/aromatic N) is 1. The molecule has 0 bridgehead atoms. The normalized spacial score (nSPS) is 16.1. The van der Waals surface area contributed by atoms with Crippen molar-refractivity contribution in [3.63, 3.8) is 0 Å². The molecule has 1 aliphatic heterocycles. The van der Waals surface area contributed by atoms with Crippen molar-refractivity contribution in [3.8, 4) is 0 Å². The number of hydrogen-bond donors (Lipinski definition) is 3. The third kappa shape index (κ3) is 5.59. The molecule has 1 aromatic heterocycles. The Bertz CT molecular complexity index is 627. The first-order valence-corrected chi connectivity index (χ1v) is 9.12.